The van der Waals surface area contributed by atoms with Crippen LogP contribution in [0.3, 0.4) is 0 Å². The molecule has 0 radical (unpaired) electrons. The van der Waals surface area contributed by atoms with Crippen LogP contribution < -0.4 is 0 Å². The number of aromatic nitrogens is 2. The van der Waals surface area contributed by atoms with Gasteiger partial charge in [0, 0.05) is 12.4 Å². The lowest BCUT2D eigenvalue weighted by Crippen LogP contribution is -2.03. The molecule has 0 atom stereocenters. The van der Waals surface area contributed by atoms with E-state index in [-0.39, 0.29) is 0 Å². The summed E-state index contributed by atoms with van der Waals surface area (Å²) in [6.07, 6.45) is 9.38. The lowest BCUT2D eigenvalue weighted by atomic mass is 10.5. The van der Waals surface area contributed by atoms with Crippen molar-refractivity contribution in [2.75, 3.05) is 6.54 Å². The van der Waals surface area contributed by atoms with Crippen LogP contribution in [0.1, 0.15) is 0 Å². The quantitative estimate of drug-likeness (QED) is 0.512. The van der Waals surface area contributed by atoms with Crippen molar-refractivity contribution in [3.8, 4) is 0 Å². The van der Waals surface area contributed by atoms with Gasteiger partial charge in [-0.25, -0.2) is 4.98 Å². The molecule has 0 N–H and O–H groups in total. The number of hydrogen-bond acceptors (Lipinski definition) is 2. The minimum atomic E-state index is 0.799. The second-order valence-electron chi connectivity index (χ2n) is 2.07. The molecule has 1 aliphatic heterocycles. The van der Waals surface area contributed by atoms with Crippen molar-refractivity contribution in [1.82, 2.24) is 9.55 Å². The van der Waals surface area contributed by atoms with Gasteiger partial charge in [0.2, 0.25) is 0 Å². The van der Waals surface area contributed by atoms with E-state index >= 15 is 0 Å². The Labute approximate surface area is 58.7 Å². The van der Waals surface area contributed by atoms with Crippen LogP contribution in [-0.4, -0.2) is 21.9 Å². The van der Waals surface area contributed by atoms with E-state index in [0.29, 0.717) is 0 Å². The van der Waals surface area contributed by atoms with E-state index in [2.05, 4.69) is 9.98 Å². The fraction of sp³-hybridized carbons (Fsp3) is 0.143. The number of aliphatic imine (C=N–C) groups is 1. The van der Waals surface area contributed by atoms with Crippen molar-refractivity contribution < 1.29 is 0 Å². The molecule has 0 fully saturated rings. The first-order chi connectivity index (χ1) is 4.97. The van der Waals surface area contributed by atoms with Crippen LogP contribution in [0.15, 0.2) is 35.9 Å². The van der Waals surface area contributed by atoms with E-state index in [0.717, 1.165) is 12.4 Å². The summed E-state index contributed by atoms with van der Waals surface area (Å²) in [6, 6.07) is 0. The number of imidazole rings is 1. The lowest BCUT2D eigenvalue weighted by Gasteiger charge is -1.94. The second-order valence-corrected chi connectivity index (χ2v) is 2.07. The third-order valence-electron chi connectivity index (χ3n) is 1.39. The van der Waals surface area contributed by atoms with E-state index in [1.165, 1.54) is 0 Å². The van der Waals surface area contributed by atoms with Crippen LogP contribution in [0, 0.1) is 0 Å². The maximum absolute atomic E-state index is 4.21. The Hall–Kier alpha value is -1.38. The molecular formula is C7H7N3. The van der Waals surface area contributed by atoms with Gasteiger partial charge in [-0.15, -0.1) is 0 Å². The van der Waals surface area contributed by atoms with Gasteiger partial charge in [0.15, 0.2) is 0 Å². The van der Waals surface area contributed by atoms with Gasteiger partial charge in [0.25, 0.3) is 0 Å². The molecule has 10 heavy (non-hydrogen) atoms. The Bertz CT molecular complexity index is 269. The molecule has 1 aliphatic rings. The van der Waals surface area contributed by atoms with Gasteiger partial charge in [-0.3, -0.25) is 9.56 Å². The third kappa shape index (κ3) is 0.757. The van der Waals surface area contributed by atoms with Crippen molar-refractivity contribution in [3.63, 3.8) is 0 Å². The van der Waals surface area contributed by atoms with Gasteiger partial charge in [0.1, 0.15) is 12.2 Å². The van der Waals surface area contributed by atoms with Gasteiger partial charge in [-0.2, -0.15) is 0 Å². The standard InChI is InChI=1S/C7H7N3/c1-2-7(9-3-1)10-5-4-8-6-10/h1-2,4-6H,3H2. The third-order valence-corrected chi connectivity index (χ3v) is 1.39. The molecular weight excluding hydrogens is 126 g/mol. The van der Waals surface area contributed by atoms with Crippen LogP contribution in [0.2, 0.25) is 0 Å². The molecule has 0 saturated carbocycles. The highest BCUT2D eigenvalue weighted by Crippen LogP contribution is 1.96. The zero-order chi connectivity index (χ0) is 6.81. The maximum Gasteiger partial charge on any atom is 0.132 e. The fourth-order valence-corrected chi connectivity index (χ4v) is 0.919. The molecule has 0 unspecified atom stereocenters. The molecule has 2 rings (SSSR count). The first kappa shape index (κ1) is 5.41. The Morgan fingerprint density at radius 2 is 2.50 bits per heavy atom. The van der Waals surface area contributed by atoms with Gasteiger partial charge in [0.05, 0.1) is 6.54 Å². The van der Waals surface area contributed by atoms with Crippen LogP contribution in [-0.2, 0) is 0 Å². The molecule has 0 spiro atoms. The van der Waals surface area contributed by atoms with Gasteiger partial charge in [-0.05, 0) is 6.08 Å². The molecule has 3 heteroatoms. The zero-order valence-electron chi connectivity index (χ0n) is 5.44. The Morgan fingerprint density at radius 1 is 1.50 bits per heavy atom. The average Bonchev–Trinajstić information content (AvgIpc) is 2.59. The van der Waals surface area contributed by atoms with Crippen molar-refractivity contribution in [2.45, 2.75) is 0 Å². The second kappa shape index (κ2) is 2.10. The molecule has 0 amide bonds. The average molecular weight is 133 g/mol. The summed E-state index contributed by atoms with van der Waals surface area (Å²) < 4.78 is 1.89. The van der Waals surface area contributed by atoms with E-state index in [4.69, 9.17) is 0 Å². The van der Waals surface area contributed by atoms with E-state index in [9.17, 15) is 0 Å². The van der Waals surface area contributed by atoms with Crippen molar-refractivity contribution in [2.24, 2.45) is 4.99 Å². The zero-order valence-corrected chi connectivity index (χ0v) is 5.44. The molecule has 50 valence electrons. The molecule has 0 aromatic carbocycles. The predicted molar refractivity (Wildman–Crippen MR) is 39.1 cm³/mol. The highest BCUT2D eigenvalue weighted by Gasteiger charge is 1.98. The smallest absolute Gasteiger partial charge is 0.132 e. The maximum atomic E-state index is 4.21. The normalized spacial score (nSPS) is 15.8. The fourth-order valence-electron chi connectivity index (χ4n) is 0.919. The monoisotopic (exact) mass is 133 g/mol. The van der Waals surface area contributed by atoms with Gasteiger partial charge in [-0.1, -0.05) is 6.08 Å². The Balaban J connectivity index is 2.36. The molecule has 1 aromatic heterocycles. The van der Waals surface area contributed by atoms with E-state index < -0.39 is 0 Å². The number of nitrogens with zero attached hydrogens (tertiary/aromatic N) is 3. The molecule has 0 bridgehead atoms. The molecule has 0 aliphatic carbocycles. The Morgan fingerprint density at radius 3 is 3.10 bits per heavy atom. The van der Waals surface area contributed by atoms with Gasteiger partial charge >= 0.3 is 0 Å². The molecule has 3 nitrogen and oxygen atoms in total. The minimum Gasteiger partial charge on any atom is -0.291 e. The van der Waals surface area contributed by atoms with Crippen LogP contribution in [0.5, 0.6) is 0 Å². The number of hydrogen-bond donors (Lipinski definition) is 0. The molecule has 1 aromatic rings. The molecule has 2 heterocycles. The van der Waals surface area contributed by atoms with E-state index in [1.54, 1.807) is 12.5 Å². The van der Waals surface area contributed by atoms with Crippen molar-refractivity contribution >= 4 is 5.84 Å². The summed E-state index contributed by atoms with van der Waals surface area (Å²) in [6.45, 7) is 0.799. The Kier molecular flexibility index (Phi) is 1.13. The van der Waals surface area contributed by atoms with Gasteiger partial charge < -0.3 is 0 Å². The summed E-state index contributed by atoms with van der Waals surface area (Å²) in [5.41, 5.74) is 0. The topological polar surface area (TPSA) is 30.2 Å². The number of rotatable bonds is 0. The predicted octanol–water partition coefficient (Wildman–Crippen LogP) is 0.699. The SMILES string of the molecule is C1=CC(n2ccnc2)=NC1. The van der Waals surface area contributed by atoms with Crippen LogP contribution in [0.25, 0.3) is 0 Å². The summed E-state index contributed by atoms with van der Waals surface area (Å²) in [5.74, 6) is 0.970. The van der Waals surface area contributed by atoms with Crippen LogP contribution >= 0.6 is 0 Å². The first-order valence-corrected chi connectivity index (χ1v) is 3.16. The lowest BCUT2D eigenvalue weighted by molar-refractivity contribution is 1.12. The van der Waals surface area contributed by atoms with Crippen molar-refractivity contribution in [3.05, 3.63) is 30.9 Å². The highest BCUT2D eigenvalue weighted by molar-refractivity contribution is 5.96. The largest absolute Gasteiger partial charge is 0.291 e. The first-order valence-electron chi connectivity index (χ1n) is 3.16. The van der Waals surface area contributed by atoms with Crippen LogP contribution in [0.4, 0.5) is 0 Å². The van der Waals surface area contributed by atoms with E-state index in [1.807, 2.05) is 22.9 Å². The van der Waals surface area contributed by atoms with Crippen molar-refractivity contribution in [1.29, 1.82) is 0 Å². The summed E-state index contributed by atoms with van der Waals surface area (Å²) in [5, 5.41) is 0. The summed E-state index contributed by atoms with van der Waals surface area (Å²) in [4.78, 5) is 8.12. The molecule has 0 saturated heterocycles. The minimum absolute atomic E-state index is 0.799. The summed E-state index contributed by atoms with van der Waals surface area (Å²) >= 11 is 0. The summed E-state index contributed by atoms with van der Waals surface area (Å²) in [7, 11) is 0. The highest BCUT2D eigenvalue weighted by atomic mass is 15.1. The number of allylic oxidation sites excluding steroid dienone is 1.